The van der Waals surface area contributed by atoms with Crippen LogP contribution in [-0.2, 0) is 0 Å². The number of hydrogen-bond donors (Lipinski definition) is 2. The number of nitriles is 1. The Bertz CT molecular complexity index is 845. The molecule has 0 saturated carbocycles. The van der Waals surface area contributed by atoms with E-state index in [0.29, 0.717) is 41.7 Å². The lowest BCUT2D eigenvalue weighted by Crippen LogP contribution is -2.34. The van der Waals surface area contributed by atoms with Crippen molar-refractivity contribution in [1.82, 2.24) is 25.2 Å². The van der Waals surface area contributed by atoms with E-state index in [4.69, 9.17) is 5.26 Å². The summed E-state index contributed by atoms with van der Waals surface area (Å²) in [5, 5.41) is 17.2. The Morgan fingerprint density at radius 1 is 1.46 bits per heavy atom. The molecule has 8 nitrogen and oxygen atoms in total. The van der Waals surface area contributed by atoms with Crippen molar-refractivity contribution in [2.45, 2.75) is 32.6 Å². The van der Waals surface area contributed by atoms with E-state index in [1.165, 1.54) is 11.3 Å². The predicted octanol–water partition coefficient (Wildman–Crippen LogP) is 2.77. The summed E-state index contributed by atoms with van der Waals surface area (Å²) in [5.41, 5.74) is 1.36. The van der Waals surface area contributed by atoms with Crippen LogP contribution in [0.2, 0.25) is 0 Å². The fourth-order valence-corrected chi connectivity index (χ4v) is 3.80. The zero-order valence-electron chi connectivity index (χ0n) is 16.2. The number of nitrogens with zero attached hydrogens (tertiary/aromatic N) is 5. The Hall–Kier alpha value is -2.57. The molecule has 1 fully saturated rings. The smallest absolute Gasteiger partial charge is 0.270 e. The van der Waals surface area contributed by atoms with Gasteiger partial charge in [-0.15, -0.1) is 11.3 Å². The Kier molecular flexibility index (Phi) is 6.90. The number of nitrogens with one attached hydrogen (secondary N) is 2. The van der Waals surface area contributed by atoms with Gasteiger partial charge in [-0.3, -0.25) is 9.69 Å². The molecule has 2 aromatic rings. The minimum Gasteiger partial charge on any atom is -0.350 e. The summed E-state index contributed by atoms with van der Waals surface area (Å²) in [4.78, 5) is 27.5. The minimum absolute atomic E-state index is 0.174. The van der Waals surface area contributed by atoms with Crippen molar-refractivity contribution in [1.29, 1.82) is 5.26 Å². The molecule has 0 aromatic carbocycles. The van der Waals surface area contributed by atoms with Gasteiger partial charge in [0.2, 0.25) is 5.95 Å². The van der Waals surface area contributed by atoms with Crippen LogP contribution in [0.4, 0.5) is 11.1 Å². The molecule has 1 aliphatic rings. The van der Waals surface area contributed by atoms with E-state index >= 15 is 0 Å². The lowest BCUT2D eigenvalue weighted by molar-refractivity contribution is 0.0945. The Morgan fingerprint density at radius 3 is 3.11 bits per heavy atom. The lowest BCUT2D eigenvalue weighted by Gasteiger charge is -2.30. The van der Waals surface area contributed by atoms with Gasteiger partial charge in [-0.1, -0.05) is 13.8 Å². The molecule has 2 N–H and O–H groups in total. The maximum Gasteiger partial charge on any atom is 0.270 e. The van der Waals surface area contributed by atoms with Crippen LogP contribution in [0.3, 0.4) is 0 Å². The van der Waals surface area contributed by atoms with Crippen LogP contribution < -0.4 is 10.6 Å². The average molecular weight is 400 g/mol. The molecule has 1 atom stereocenters. The number of piperidine rings is 1. The fourth-order valence-electron chi connectivity index (χ4n) is 3.12. The van der Waals surface area contributed by atoms with E-state index in [-0.39, 0.29) is 5.91 Å². The van der Waals surface area contributed by atoms with Crippen molar-refractivity contribution in [2.75, 3.05) is 31.5 Å². The molecular formula is C19H25N7OS. The number of amides is 1. The third-order valence-electron chi connectivity index (χ3n) is 4.52. The first-order valence-electron chi connectivity index (χ1n) is 9.48. The third kappa shape index (κ3) is 5.47. The van der Waals surface area contributed by atoms with Crippen molar-refractivity contribution in [3.05, 3.63) is 29.0 Å². The molecule has 2 aromatic heterocycles. The van der Waals surface area contributed by atoms with Gasteiger partial charge >= 0.3 is 0 Å². The first-order chi connectivity index (χ1) is 13.5. The summed E-state index contributed by atoms with van der Waals surface area (Å²) in [7, 11) is 0. The second-order valence-corrected chi connectivity index (χ2v) is 8.16. The first-order valence-corrected chi connectivity index (χ1v) is 10.4. The zero-order chi connectivity index (χ0) is 19.9. The summed E-state index contributed by atoms with van der Waals surface area (Å²) in [6.45, 7) is 6.96. The zero-order valence-corrected chi connectivity index (χ0v) is 17.0. The summed E-state index contributed by atoms with van der Waals surface area (Å²) in [6, 6.07) is 4.15. The first kappa shape index (κ1) is 20.2. The van der Waals surface area contributed by atoms with Gasteiger partial charge in [-0.2, -0.15) is 5.26 Å². The SMILES string of the molecule is CC(C)CNC(=O)c1csc(Nc2nccc(C3CCCN(CC#N)C3)n2)n1. The molecule has 9 heteroatoms. The van der Waals surface area contributed by atoms with E-state index in [0.717, 1.165) is 31.6 Å². The third-order valence-corrected chi connectivity index (χ3v) is 5.28. The van der Waals surface area contributed by atoms with Crippen LogP contribution in [0.15, 0.2) is 17.6 Å². The van der Waals surface area contributed by atoms with E-state index in [2.05, 4.69) is 36.6 Å². The number of rotatable bonds is 7. The van der Waals surface area contributed by atoms with E-state index in [1.54, 1.807) is 11.6 Å². The Balaban J connectivity index is 1.63. The van der Waals surface area contributed by atoms with Crippen LogP contribution in [0, 0.1) is 17.2 Å². The maximum absolute atomic E-state index is 12.1. The Morgan fingerprint density at radius 2 is 2.32 bits per heavy atom. The van der Waals surface area contributed by atoms with Crippen LogP contribution >= 0.6 is 11.3 Å². The van der Waals surface area contributed by atoms with Gasteiger partial charge in [0.25, 0.3) is 5.91 Å². The maximum atomic E-state index is 12.1. The van der Waals surface area contributed by atoms with E-state index in [9.17, 15) is 4.79 Å². The molecule has 0 spiro atoms. The number of likely N-dealkylation sites (tertiary alicyclic amines) is 1. The van der Waals surface area contributed by atoms with E-state index in [1.807, 2.05) is 19.9 Å². The average Bonchev–Trinajstić information content (AvgIpc) is 3.15. The van der Waals surface area contributed by atoms with Gasteiger partial charge < -0.3 is 10.6 Å². The second kappa shape index (κ2) is 9.57. The van der Waals surface area contributed by atoms with Gasteiger partial charge in [0, 0.05) is 30.6 Å². The molecule has 0 radical (unpaired) electrons. The Labute approximate surface area is 169 Å². The summed E-state index contributed by atoms with van der Waals surface area (Å²) in [5.74, 6) is 0.977. The normalized spacial score (nSPS) is 17.3. The predicted molar refractivity (Wildman–Crippen MR) is 109 cm³/mol. The standard InChI is InChI=1S/C19H25N7OS/c1-13(2)10-22-17(27)16-12-28-19(24-16)25-18-21-7-5-15(23-18)14-4-3-8-26(11-14)9-6-20/h5,7,12-14H,3-4,8-11H2,1-2H3,(H,22,27)(H,21,23,24,25). The van der Waals surface area contributed by atoms with Crippen LogP contribution in [-0.4, -0.2) is 51.9 Å². The molecule has 0 aliphatic carbocycles. The quantitative estimate of drug-likeness (QED) is 0.689. The molecule has 1 unspecified atom stereocenters. The molecular weight excluding hydrogens is 374 g/mol. The van der Waals surface area contributed by atoms with Crippen molar-refractivity contribution < 1.29 is 4.79 Å². The minimum atomic E-state index is -0.174. The number of aromatic nitrogens is 3. The van der Waals surface area contributed by atoms with Crippen molar-refractivity contribution in [2.24, 2.45) is 5.92 Å². The lowest BCUT2D eigenvalue weighted by atomic mass is 9.94. The molecule has 1 aliphatic heterocycles. The molecule has 1 amide bonds. The highest BCUT2D eigenvalue weighted by molar-refractivity contribution is 7.14. The number of thiazole rings is 1. The van der Waals surface area contributed by atoms with E-state index < -0.39 is 0 Å². The molecule has 1 saturated heterocycles. The summed E-state index contributed by atoms with van der Waals surface area (Å²) in [6.07, 6.45) is 3.84. The number of carbonyl (C=O) groups is 1. The van der Waals surface area contributed by atoms with Crippen LogP contribution in [0.5, 0.6) is 0 Å². The van der Waals surface area contributed by atoms with Crippen molar-refractivity contribution in [3.8, 4) is 6.07 Å². The molecule has 0 bridgehead atoms. The molecule has 3 rings (SSSR count). The summed E-state index contributed by atoms with van der Waals surface area (Å²) < 4.78 is 0. The number of anilines is 2. The van der Waals surface area contributed by atoms with Gasteiger partial charge in [-0.25, -0.2) is 15.0 Å². The second-order valence-electron chi connectivity index (χ2n) is 7.30. The van der Waals surface area contributed by atoms with Gasteiger partial charge in [0.15, 0.2) is 5.13 Å². The highest BCUT2D eigenvalue weighted by Gasteiger charge is 2.22. The van der Waals surface area contributed by atoms with Gasteiger partial charge in [0.05, 0.1) is 18.3 Å². The largest absolute Gasteiger partial charge is 0.350 e. The number of hydrogen-bond acceptors (Lipinski definition) is 8. The number of carbonyl (C=O) groups excluding carboxylic acids is 1. The van der Waals surface area contributed by atoms with Gasteiger partial charge in [-0.05, 0) is 31.4 Å². The molecule has 3 heterocycles. The molecule has 28 heavy (non-hydrogen) atoms. The topological polar surface area (TPSA) is 107 Å². The highest BCUT2D eigenvalue weighted by atomic mass is 32.1. The van der Waals surface area contributed by atoms with Crippen molar-refractivity contribution >= 4 is 28.3 Å². The highest BCUT2D eigenvalue weighted by Crippen LogP contribution is 2.26. The molecule has 148 valence electrons. The monoisotopic (exact) mass is 399 g/mol. The summed E-state index contributed by atoms with van der Waals surface area (Å²) >= 11 is 1.35. The van der Waals surface area contributed by atoms with Crippen LogP contribution in [0.25, 0.3) is 0 Å². The fraction of sp³-hybridized carbons (Fsp3) is 0.526. The van der Waals surface area contributed by atoms with Crippen molar-refractivity contribution in [3.63, 3.8) is 0 Å². The van der Waals surface area contributed by atoms with Crippen LogP contribution in [0.1, 0.15) is 48.8 Å². The van der Waals surface area contributed by atoms with Gasteiger partial charge in [0.1, 0.15) is 5.69 Å².